The van der Waals surface area contributed by atoms with Crippen molar-refractivity contribution in [2.45, 2.75) is 44.4 Å². The van der Waals surface area contributed by atoms with E-state index < -0.39 is 5.97 Å². The minimum Gasteiger partial charge on any atom is -0.477 e. The van der Waals surface area contributed by atoms with Gasteiger partial charge in [-0.3, -0.25) is 0 Å². The fourth-order valence-electron chi connectivity index (χ4n) is 3.86. The summed E-state index contributed by atoms with van der Waals surface area (Å²) in [5, 5.41) is 14.7. The van der Waals surface area contributed by atoms with E-state index in [0.717, 1.165) is 35.3 Å². The van der Waals surface area contributed by atoms with Crippen LogP contribution in [0.15, 0.2) is 36.5 Å². The van der Waals surface area contributed by atoms with Crippen LogP contribution in [0.3, 0.4) is 0 Å². The van der Waals surface area contributed by atoms with Crippen LogP contribution in [0, 0.1) is 0 Å². The van der Waals surface area contributed by atoms with Crippen molar-refractivity contribution in [1.29, 1.82) is 0 Å². The molecule has 0 radical (unpaired) electrons. The molecule has 1 aliphatic rings. The first-order valence-electron chi connectivity index (χ1n) is 8.97. The predicted octanol–water partition coefficient (Wildman–Crippen LogP) is 4.72. The Labute approximate surface area is 156 Å². The number of nitrogens with zero attached hydrogens (tertiary/aromatic N) is 3. The van der Waals surface area contributed by atoms with Crippen molar-refractivity contribution in [2.75, 3.05) is 0 Å². The Balaban J connectivity index is 1.79. The Bertz CT molecular complexity index is 961. The fraction of sp³-hybridized carbons (Fsp3) is 0.350. The van der Waals surface area contributed by atoms with Crippen LogP contribution in [0.25, 0.3) is 5.52 Å². The fourth-order valence-corrected chi connectivity index (χ4v) is 4.01. The van der Waals surface area contributed by atoms with E-state index in [0.29, 0.717) is 17.4 Å². The highest BCUT2D eigenvalue weighted by Gasteiger charge is 2.24. The third-order valence-electron chi connectivity index (χ3n) is 5.10. The van der Waals surface area contributed by atoms with Gasteiger partial charge in [-0.15, -0.1) is 0 Å². The highest BCUT2D eigenvalue weighted by Crippen LogP contribution is 2.36. The third kappa shape index (κ3) is 3.31. The van der Waals surface area contributed by atoms with Crippen molar-refractivity contribution in [1.82, 2.24) is 14.6 Å². The van der Waals surface area contributed by atoms with Gasteiger partial charge in [0.25, 0.3) is 0 Å². The molecule has 0 unspecified atom stereocenters. The van der Waals surface area contributed by atoms with Crippen molar-refractivity contribution in [3.05, 3.63) is 64.2 Å². The molecule has 3 aromatic rings. The second-order valence-electron chi connectivity index (χ2n) is 6.87. The summed E-state index contributed by atoms with van der Waals surface area (Å²) < 4.78 is 1.85. The summed E-state index contributed by atoms with van der Waals surface area (Å²) in [4.78, 5) is 15.5. The van der Waals surface area contributed by atoms with Crippen LogP contribution < -0.4 is 0 Å². The number of fused-ring (bicyclic) bond motifs is 1. The van der Waals surface area contributed by atoms with E-state index in [1.807, 2.05) is 28.9 Å². The molecule has 3 heterocycles. The van der Waals surface area contributed by atoms with E-state index >= 15 is 0 Å². The summed E-state index contributed by atoms with van der Waals surface area (Å²) in [7, 11) is 0. The number of halogens is 1. The molecule has 0 spiro atoms. The molecule has 0 aromatic carbocycles. The third-order valence-corrected chi connectivity index (χ3v) is 5.33. The maximum atomic E-state index is 11.2. The van der Waals surface area contributed by atoms with Crippen LogP contribution in [0.1, 0.15) is 65.5 Å². The van der Waals surface area contributed by atoms with E-state index in [1.54, 1.807) is 6.07 Å². The molecule has 0 atom stereocenters. The Kier molecular flexibility index (Phi) is 4.64. The highest BCUT2D eigenvalue weighted by molar-refractivity contribution is 6.30. The second kappa shape index (κ2) is 7.08. The highest BCUT2D eigenvalue weighted by atomic mass is 35.5. The van der Waals surface area contributed by atoms with Gasteiger partial charge in [0.05, 0.1) is 16.2 Å². The SMILES string of the molecule is O=C(O)c1cccc(Cc2c(C3CCCCC3)nn3cc(Cl)ccc23)n1. The monoisotopic (exact) mass is 369 g/mol. The summed E-state index contributed by atoms with van der Waals surface area (Å²) in [6.07, 6.45) is 8.43. The smallest absolute Gasteiger partial charge is 0.354 e. The summed E-state index contributed by atoms with van der Waals surface area (Å²) in [6.45, 7) is 0. The van der Waals surface area contributed by atoms with Crippen LogP contribution in [-0.2, 0) is 6.42 Å². The molecule has 3 aromatic heterocycles. The van der Waals surface area contributed by atoms with E-state index in [9.17, 15) is 9.90 Å². The van der Waals surface area contributed by atoms with Crippen LogP contribution in [-0.4, -0.2) is 25.7 Å². The lowest BCUT2D eigenvalue weighted by Gasteiger charge is -2.20. The van der Waals surface area contributed by atoms with E-state index in [4.69, 9.17) is 16.7 Å². The van der Waals surface area contributed by atoms with Gasteiger partial charge in [-0.2, -0.15) is 5.10 Å². The molecule has 0 aliphatic heterocycles. The quantitative estimate of drug-likeness (QED) is 0.722. The number of aromatic nitrogens is 3. The molecule has 0 amide bonds. The summed E-state index contributed by atoms with van der Waals surface area (Å²) in [5.74, 6) is -0.564. The van der Waals surface area contributed by atoms with Gasteiger partial charge in [-0.05, 0) is 37.1 Å². The van der Waals surface area contributed by atoms with Crippen LogP contribution in [0.4, 0.5) is 0 Å². The number of pyridine rings is 2. The predicted molar refractivity (Wildman–Crippen MR) is 100 cm³/mol. The van der Waals surface area contributed by atoms with Crippen molar-refractivity contribution >= 4 is 23.1 Å². The number of carboxylic acids is 1. The molecule has 5 nitrogen and oxygen atoms in total. The topological polar surface area (TPSA) is 67.5 Å². The average molecular weight is 370 g/mol. The van der Waals surface area contributed by atoms with Crippen molar-refractivity contribution < 1.29 is 9.90 Å². The Morgan fingerprint density at radius 2 is 2.00 bits per heavy atom. The van der Waals surface area contributed by atoms with Crippen LogP contribution >= 0.6 is 11.6 Å². The second-order valence-corrected chi connectivity index (χ2v) is 7.31. The zero-order valence-corrected chi connectivity index (χ0v) is 15.1. The molecular formula is C20H20ClN3O2. The largest absolute Gasteiger partial charge is 0.477 e. The van der Waals surface area contributed by atoms with Gasteiger partial charge in [0.15, 0.2) is 0 Å². The number of hydrogen-bond donors (Lipinski definition) is 1. The van der Waals surface area contributed by atoms with Crippen molar-refractivity contribution in [2.24, 2.45) is 0 Å². The lowest BCUT2D eigenvalue weighted by molar-refractivity contribution is 0.0690. The number of carbonyl (C=O) groups is 1. The molecule has 1 saturated carbocycles. The minimum atomic E-state index is -1.01. The zero-order valence-electron chi connectivity index (χ0n) is 14.4. The molecule has 6 heteroatoms. The molecule has 26 heavy (non-hydrogen) atoms. The average Bonchev–Trinajstić information content (AvgIpc) is 3.00. The zero-order chi connectivity index (χ0) is 18.1. The first-order valence-corrected chi connectivity index (χ1v) is 9.35. The molecule has 134 valence electrons. The van der Waals surface area contributed by atoms with Gasteiger partial charge in [-0.25, -0.2) is 14.3 Å². The van der Waals surface area contributed by atoms with Gasteiger partial charge in [0.2, 0.25) is 0 Å². The molecule has 1 aliphatic carbocycles. The van der Waals surface area contributed by atoms with Crippen LogP contribution in [0.5, 0.6) is 0 Å². The maximum Gasteiger partial charge on any atom is 0.354 e. The standard InChI is InChI=1S/C20H20ClN3O2/c21-14-9-10-18-16(11-15-7-4-8-17(22-15)20(25)26)19(23-24(18)12-14)13-5-2-1-3-6-13/h4,7-10,12-13H,1-3,5-6,11H2,(H,25,26). The van der Waals surface area contributed by atoms with Crippen molar-refractivity contribution in [3.8, 4) is 0 Å². The Morgan fingerprint density at radius 3 is 2.77 bits per heavy atom. The van der Waals surface area contributed by atoms with Crippen molar-refractivity contribution in [3.63, 3.8) is 0 Å². The molecule has 1 fully saturated rings. The lowest BCUT2D eigenvalue weighted by Crippen LogP contribution is -2.08. The first-order chi connectivity index (χ1) is 12.6. The molecule has 0 bridgehead atoms. The van der Waals surface area contributed by atoms with Gasteiger partial charge in [0.1, 0.15) is 5.69 Å². The summed E-state index contributed by atoms with van der Waals surface area (Å²) >= 11 is 6.14. The minimum absolute atomic E-state index is 0.0706. The first kappa shape index (κ1) is 17.0. The normalized spacial score (nSPS) is 15.4. The van der Waals surface area contributed by atoms with E-state index in [1.165, 1.54) is 25.3 Å². The van der Waals surface area contributed by atoms with E-state index in [-0.39, 0.29) is 5.69 Å². The number of carboxylic acid groups (broad SMARTS) is 1. The van der Waals surface area contributed by atoms with E-state index in [2.05, 4.69) is 4.98 Å². The summed E-state index contributed by atoms with van der Waals surface area (Å²) in [5.41, 5.74) is 4.06. The molecule has 1 N–H and O–H groups in total. The van der Waals surface area contributed by atoms with Gasteiger partial charge in [-0.1, -0.05) is 36.9 Å². The summed E-state index contributed by atoms with van der Waals surface area (Å²) in [6, 6.07) is 8.99. The van der Waals surface area contributed by atoms with Gasteiger partial charge >= 0.3 is 5.97 Å². The van der Waals surface area contributed by atoms with Gasteiger partial charge < -0.3 is 5.11 Å². The maximum absolute atomic E-state index is 11.2. The molecular weight excluding hydrogens is 350 g/mol. The Hall–Kier alpha value is -2.40. The Morgan fingerprint density at radius 1 is 1.19 bits per heavy atom. The van der Waals surface area contributed by atoms with Gasteiger partial charge in [0, 0.05) is 29.8 Å². The molecule has 0 saturated heterocycles. The lowest BCUT2D eigenvalue weighted by atomic mass is 9.84. The van der Waals surface area contributed by atoms with Crippen LogP contribution in [0.2, 0.25) is 5.02 Å². The number of aromatic carboxylic acids is 1. The number of rotatable bonds is 4. The molecule has 4 rings (SSSR count). The number of hydrogen-bond acceptors (Lipinski definition) is 3.